The number of nitrogens with two attached hydrogens (primary N) is 1. The van der Waals surface area contributed by atoms with Crippen molar-refractivity contribution in [2.75, 3.05) is 6.54 Å². The number of amides is 1. The van der Waals surface area contributed by atoms with E-state index in [-0.39, 0.29) is 11.9 Å². The molecule has 0 atom stereocenters. The summed E-state index contributed by atoms with van der Waals surface area (Å²) >= 11 is 4.91. The molecular formula is C17H20N2OS. The van der Waals surface area contributed by atoms with E-state index < -0.39 is 0 Å². The van der Waals surface area contributed by atoms with Crippen molar-refractivity contribution >= 4 is 33.9 Å². The average molecular weight is 300 g/mol. The smallest absolute Gasteiger partial charge is 0.254 e. The first-order chi connectivity index (χ1) is 9.99. The van der Waals surface area contributed by atoms with Crippen LogP contribution < -0.4 is 5.73 Å². The highest BCUT2D eigenvalue weighted by Gasteiger charge is 2.18. The summed E-state index contributed by atoms with van der Waals surface area (Å²) in [5.41, 5.74) is 6.25. The van der Waals surface area contributed by atoms with Crippen molar-refractivity contribution in [1.29, 1.82) is 0 Å². The summed E-state index contributed by atoms with van der Waals surface area (Å²) < 4.78 is 0. The number of thiocarbonyl (C=S) groups is 1. The molecule has 110 valence electrons. The van der Waals surface area contributed by atoms with E-state index in [1.54, 1.807) is 0 Å². The molecule has 0 aliphatic heterocycles. The van der Waals surface area contributed by atoms with Gasteiger partial charge in [-0.2, -0.15) is 0 Å². The van der Waals surface area contributed by atoms with Crippen molar-refractivity contribution in [3.63, 3.8) is 0 Å². The summed E-state index contributed by atoms with van der Waals surface area (Å²) in [5, 5.41) is 2.20. The maximum Gasteiger partial charge on any atom is 0.254 e. The first-order valence-corrected chi connectivity index (χ1v) is 7.48. The van der Waals surface area contributed by atoms with Crippen LogP contribution in [0.15, 0.2) is 42.5 Å². The quantitative estimate of drug-likeness (QED) is 0.861. The highest BCUT2D eigenvalue weighted by atomic mass is 32.1. The number of fused-ring (bicyclic) bond motifs is 1. The topological polar surface area (TPSA) is 46.3 Å². The van der Waals surface area contributed by atoms with Gasteiger partial charge in [0.1, 0.15) is 0 Å². The molecule has 0 fully saturated rings. The van der Waals surface area contributed by atoms with Crippen LogP contribution >= 0.6 is 12.2 Å². The highest BCUT2D eigenvalue weighted by molar-refractivity contribution is 7.80. The van der Waals surface area contributed by atoms with Gasteiger partial charge >= 0.3 is 0 Å². The van der Waals surface area contributed by atoms with Crippen LogP contribution in [0.2, 0.25) is 0 Å². The van der Waals surface area contributed by atoms with E-state index in [1.165, 1.54) is 0 Å². The number of carbonyl (C=O) groups excluding carboxylic acids is 1. The van der Waals surface area contributed by atoms with Crippen LogP contribution in [0.4, 0.5) is 0 Å². The predicted molar refractivity (Wildman–Crippen MR) is 91.5 cm³/mol. The standard InChI is InChI=1S/C17H20N2OS/c1-12(2)19(10-9-16(18)21)17(20)15-8-7-13-5-3-4-6-14(13)11-15/h3-8,11-12H,9-10H2,1-2H3,(H2,18,21). The van der Waals surface area contributed by atoms with Gasteiger partial charge in [-0.05, 0) is 36.8 Å². The molecule has 0 aliphatic carbocycles. The lowest BCUT2D eigenvalue weighted by atomic mass is 10.1. The fourth-order valence-corrected chi connectivity index (χ4v) is 2.40. The zero-order valence-electron chi connectivity index (χ0n) is 12.4. The molecule has 0 bridgehead atoms. The minimum Gasteiger partial charge on any atom is -0.393 e. The van der Waals surface area contributed by atoms with Crippen molar-refractivity contribution in [3.05, 3.63) is 48.0 Å². The van der Waals surface area contributed by atoms with Crippen LogP contribution in [-0.4, -0.2) is 28.4 Å². The molecule has 0 radical (unpaired) electrons. The van der Waals surface area contributed by atoms with Crippen LogP contribution in [0, 0.1) is 0 Å². The fourth-order valence-electron chi connectivity index (χ4n) is 2.31. The Hall–Kier alpha value is -1.94. The predicted octanol–water partition coefficient (Wildman–Crippen LogP) is 3.37. The van der Waals surface area contributed by atoms with Crippen molar-refractivity contribution in [2.24, 2.45) is 5.73 Å². The van der Waals surface area contributed by atoms with E-state index in [2.05, 4.69) is 0 Å². The minimum absolute atomic E-state index is 0.0204. The number of carbonyl (C=O) groups is 1. The summed E-state index contributed by atoms with van der Waals surface area (Å²) in [4.78, 5) is 14.9. The van der Waals surface area contributed by atoms with Gasteiger partial charge < -0.3 is 10.6 Å². The largest absolute Gasteiger partial charge is 0.393 e. The Morgan fingerprint density at radius 2 is 1.86 bits per heavy atom. The Balaban J connectivity index is 2.27. The van der Waals surface area contributed by atoms with Crippen LogP contribution in [0.1, 0.15) is 30.6 Å². The molecular weight excluding hydrogens is 280 g/mol. The number of hydrogen-bond donors (Lipinski definition) is 1. The monoisotopic (exact) mass is 300 g/mol. The van der Waals surface area contributed by atoms with Gasteiger partial charge in [0.15, 0.2) is 0 Å². The third-order valence-corrected chi connectivity index (χ3v) is 3.68. The second kappa shape index (κ2) is 6.68. The molecule has 4 heteroatoms. The van der Waals surface area contributed by atoms with Gasteiger partial charge in [0, 0.05) is 24.6 Å². The SMILES string of the molecule is CC(C)N(CCC(N)=S)C(=O)c1ccc2ccccc2c1. The summed E-state index contributed by atoms with van der Waals surface area (Å²) in [5.74, 6) is 0.0204. The third kappa shape index (κ3) is 3.79. The van der Waals surface area contributed by atoms with Gasteiger partial charge in [-0.15, -0.1) is 0 Å². The lowest BCUT2D eigenvalue weighted by molar-refractivity contribution is 0.0712. The Bertz CT molecular complexity index is 667. The summed E-state index contributed by atoms with van der Waals surface area (Å²) in [6.07, 6.45) is 0.548. The van der Waals surface area contributed by atoms with E-state index in [0.717, 1.165) is 10.8 Å². The van der Waals surface area contributed by atoms with E-state index in [0.29, 0.717) is 23.5 Å². The molecule has 3 nitrogen and oxygen atoms in total. The molecule has 2 rings (SSSR count). The second-order valence-electron chi connectivity index (χ2n) is 5.37. The lowest BCUT2D eigenvalue weighted by Gasteiger charge is -2.26. The van der Waals surface area contributed by atoms with Crippen LogP contribution in [0.5, 0.6) is 0 Å². The minimum atomic E-state index is 0.0204. The zero-order chi connectivity index (χ0) is 15.4. The zero-order valence-corrected chi connectivity index (χ0v) is 13.2. The van der Waals surface area contributed by atoms with Gasteiger partial charge in [-0.3, -0.25) is 4.79 Å². The van der Waals surface area contributed by atoms with Crippen LogP contribution in [0.25, 0.3) is 10.8 Å². The molecule has 0 saturated carbocycles. The molecule has 0 spiro atoms. The van der Waals surface area contributed by atoms with Gasteiger partial charge in [-0.25, -0.2) is 0 Å². The number of benzene rings is 2. The average Bonchev–Trinajstić information content (AvgIpc) is 2.46. The Morgan fingerprint density at radius 1 is 1.19 bits per heavy atom. The summed E-state index contributed by atoms with van der Waals surface area (Å²) in [6, 6.07) is 13.9. The molecule has 2 aromatic carbocycles. The summed E-state index contributed by atoms with van der Waals surface area (Å²) in [7, 11) is 0. The normalized spacial score (nSPS) is 10.8. The highest BCUT2D eigenvalue weighted by Crippen LogP contribution is 2.18. The molecule has 2 N–H and O–H groups in total. The molecule has 0 unspecified atom stereocenters. The van der Waals surface area contributed by atoms with Crippen molar-refractivity contribution in [2.45, 2.75) is 26.3 Å². The van der Waals surface area contributed by atoms with E-state index in [9.17, 15) is 4.79 Å². The van der Waals surface area contributed by atoms with Gasteiger partial charge in [0.25, 0.3) is 5.91 Å². The van der Waals surface area contributed by atoms with Crippen molar-refractivity contribution in [1.82, 2.24) is 4.90 Å². The fraction of sp³-hybridized carbons (Fsp3) is 0.294. The van der Waals surface area contributed by atoms with Gasteiger partial charge in [0.05, 0.1) is 4.99 Å². The third-order valence-electron chi connectivity index (χ3n) is 3.48. The molecule has 2 aromatic rings. The van der Waals surface area contributed by atoms with E-state index in [4.69, 9.17) is 18.0 Å². The van der Waals surface area contributed by atoms with Gasteiger partial charge in [-0.1, -0.05) is 42.5 Å². The molecule has 0 heterocycles. The van der Waals surface area contributed by atoms with Crippen LogP contribution in [-0.2, 0) is 0 Å². The molecule has 0 aromatic heterocycles. The lowest BCUT2D eigenvalue weighted by Crippen LogP contribution is -2.38. The second-order valence-corrected chi connectivity index (χ2v) is 5.89. The summed E-state index contributed by atoms with van der Waals surface area (Å²) in [6.45, 7) is 4.55. The molecule has 0 saturated heterocycles. The number of nitrogens with zero attached hydrogens (tertiary/aromatic N) is 1. The molecule has 1 amide bonds. The maximum absolute atomic E-state index is 12.7. The Labute approximate surface area is 130 Å². The first-order valence-electron chi connectivity index (χ1n) is 7.07. The maximum atomic E-state index is 12.7. The molecule has 21 heavy (non-hydrogen) atoms. The van der Waals surface area contributed by atoms with Crippen molar-refractivity contribution in [3.8, 4) is 0 Å². The van der Waals surface area contributed by atoms with Gasteiger partial charge in [0.2, 0.25) is 0 Å². The Morgan fingerprint density at radius 3 is 2.48 bits per heavy atom. The molecule has 0 aliphatic rings. The number of hydrogen-bond acceptors (Lipinski definition) is 2. The van der Waals surface area contributed by atoms with Crippen LogP contribution in [0.3, 0.4) is 0 Å². The number of rotatable bonds is 5. The first kappa shape index (κ1) is 15.4. The van der Waals surface area contributed by atoms with Crippen molar-refractivity contribution < 1.29 is 4.79 Å². The van der Waals surface area contributed by atoms with E-state index in [1.807, 2.05) is 61.2 Å². The Kier molecular flexibility index (Phi) is 4.91. The van der Waals surface area contributed by atoms with E-state index >= 15 is 0 Å².